The normalized spacial score (nSPS) is 12.1. The number of fused-ring (bicyclic) bond motifs is 1. The molecular weight excluding hydrogens is 375 g/mol. The van der Waals surface area contributed by atoms with Crippen LogP contribution in [-0.4, -0.2) is 16.8 Å². The zero-order valence-electron chi connectivity index (χ0n) is 13.5. The molecule has 132 valence electrons. The van der Waals surface area contributed by atoms with Gasteiger partial charge in [0.05, 0.1) is 0 Å². The Kier molecular flexibility index (Phi) is 4.69. The monoisotopic (exact) mass is 388 g/mol. The predicted octanol–water partition coefficient (Wildman–Crippen LogP) is 4.87. The average Bonchev–Trinajstić information content (AvgIpc) is 3.07. The first-order valence-corrected chi connectivity index (χ1v) is 8.59. The Labute approximate surface area is 160 Å². The summed E-state index contributed by atoms with van der Waals surface area (Å²) in [6.45, 7) is 0.858. The van der Waals surface area contributed by atoms with E-state index in [0.29, 0.717) is 28.2 Å². The van der Waals surface area contributed by atoms with E-state index in [1.165, 1.54) is 6.33 Å². The van der Waals surface area contributed by atoms with Crippen LogP contribution in [0.1, 0.15) is 5.56 Å². The number of nitrogens with zero attached hydrogens (tertiary/aromatic N) is 2. The van der Waals surface area contributed by atoms with Crippen molar-refractivity contribution in [3.8, 4) is 11.5 Å². The molecule has 2 N–H and O–H groups in total. The minimum atomic E-state index is 0.265. The highest BCUT2D eigenvalue weighted by Crippen LogP contribution is 2.32. The summed E-state index contributed by atoms with van der Waals surface area (Å²) in [5, 5.41) is 7.53. The first-order valence-electron chi connectivity index (χ1n) is 7.83. The molecule has 4 rings (SSSR count). The summed E-state index contributed by atoms with van der Waals surface area (Å²) >= 11 is 12.0. The van der Waals surface area contributed by atoms with E-state index < -0.39 is 0 Å². The fraction of sp³-hybridized carbons (Fsp3) is 0.111. The summed E-state index contributed by atoms with van der Waals surface area (Å²) in [5.74, 6) is 2.84. The number of hydrogen-bond acceptors (Lipinski definition) is 6. The Morgan fingerprint density at radius 1 is 0.885 bits per heavy atom. The topological polar surface area (TPSA) is 68.3 Å². The van der Waals surface area contributed by atoms with Gasteiger partial charge in [0, 0.05) is 28.3 Å². The summed E-state index contributed by atoms with van der Waals surface area (Å²) in [4.78, 5) is 8.44. The molecule has 3 aromatic rings. The van der Waals surface area contributed by atoms with Crippen LogP contribution in [0.5, 0.6) is 11.5 Å². The molecule has 2 aromatic carbocycles. The van der Waals surface area contributed by atoms with E-state index in [-0.39, 0.29) is 6.79 Å². The van der Waals surface area contributed by atoms with E-state index in [0.717, 1.165) is 22.7 Å². The van der Waals surface area contributed by atoms with Crippen molar-refractivity contribution >= 4 is 40.5 Å². The molecule has 1 aliphatic heterocycles. The summed E-state index contributed by atoms with van der Waals surface area (Å²) in [7, 11) is 0. The van der Waals surface area contributed by atoms with Gasteiger partial charge in [0.15, 0.2) is 11.5 Å². The summed E-state index contributed by atoms with van der Waals surface area (Å²) in [6.07, 6.45) is 1.48. The molecule has 0 spiro atoms. The summed E-state index contributed by atoms with van der Waals surface area (Å²) in [6, 6.07) is 12.9. The maximum atomic E-state index is 6.02. The average molecular weight is 389 g/mol. The smallest absolute Gasteiger partial charge is 0.231 e. The number of benzene rings is 2. The van der Waals surface area contributed by atoms with E-state index in [2.05, 4.69) is 20.6 Å². The molecule has 1 aromatic heterocycles. The number of halogens is 2. The van der Waals surface area contributed by atoms with Crippen molar-refractivity contribution in [2.75, 3.05) is 17.4 Å². The third-order valence-electron chi connectivity index (χ3n) is 3.71. The quantitative estimate of drug-likeness (QED) is 0.649. The Bertz CT molecular complexity index is 932. The van der Waals surface area contributed by atoms with E-state index in [1.54, 1.807) is 18.2 Å². The van der Waals surface area contributed by atoms with Crippen LogP contribution in [0.15, 0.2) is 48.8 Å². The lowest BCUT2D eigenvalue weighted by atomic mass is 10.2. The molecule has 1 aliphatic rings. The van der Waals surface area contributed by atoms with Crippen LogP contribution in [0.2, 0.25) is 10.0 Å². The van der Waals surface area contributed by atoms with E-state index >= 15 is 0 Å². The van der Waals surface area contributed by atoms with Crippen LogP contribution in [0.25, 0.3) is 0 Å². The maximum Gasteiger partial charge on any atom is 0.231 e. The van der Waals surface area contributed by atoms with Gasteiger partial charge in [-0.15, -0.1) is 0 Å². The Hall–Kier alpha value is -2.70. The van der Waals surface area contributed by atoms with E-state index in [4.69, 9.17) is 32.7 Å². The number of ether oxygens (including phenoxy) is 2. The Morgan fingerprint density at radius 2 is 1.65 bits per heavy atom. The van der Waals surface area contributed by atoms with Gasteiger partial charge in [0.25, 0.3) is 0 Å². The maximum absolute atomic E-state index is 6.02. The highest BCUT2D eigenvalue weighted by molar-refractivity contribution is 6.35. The lowest BCUT2D eigenvalue weighted by molar-refractivity contribution is 0.174. The van der Waals surface area contributed by atoms with Gasteiger partial charge >= 0.3 is 0 Å². The largest absolute Gasteiger partial charge is 0.454 e. The van der Waals surface area contributed by atoms with Crippen molar-refractivity contribution in [2.24, 2.45) is 0 Å². The van der Waals surface area contributed by atoms with Crippen molar-refractivity contribution in [3.63, 3.8) is 0 Å². The number of hydrogen-bond donors (Lipinski definition) is 2. The molecule has 6 nitrogen and oxygen atoms in total. The molecule has 0 atom stereocenters. The van der Waals surface area contributed by atoms with Gasteiger partial charge in [-0.25, -0.2) is 9.97 Å². The molecule has 26 heavy (non-hydrogen) atoms. The number of aromatic nitrogens is 2. The molecule has 0 amide bonds. The van der Waals surface area contributed by atoms with Crippen molar-refractivity contribution in [1.29, 1.82) is 0 Å². The van der Waals surface area contributed by atoms with Gasteiger partial charge in [0.1, 0.15) is 18.0 Å². The van der Waals surface area contributed by atoms with Crippen molar-refractivity contribution in [2.45, 2.75) is 6.54 Å². The predicted molar refractivity (Wildman–Crippen MR) is 102 cm³/mol. The van der Waals surface area contributed by atoms with Gasteiger partial charge in [0.2, 0.25) is 6.79 Å². The van der Waals surface area contributed by atoms with E-state index in [9.17, 15) is 0 Å². The molecule has 0 saturated carbocycles. The minimum Gasteiger partial charge on any atom is -0.454 e. The molecule has 0 radical (unpaired) electrons. The van der Waals surface area contributed by atoms with Crippen LogP contribution < -0.4 is 20.1 Å². The van der Waals surface area contributed by atoms with Crippen LogP contribution in [0.4, 0.5) is 17.3 Å². The molecule has 0 saturated heterocycles. The molecule has 2 heterocycles. The SMILES string of the molecule is Clc1cc(Cl)cc(Nc2cc(NCc3ccc4c(c3)OCO4)ncn2)c1. The van der Waals surface area contributed by atoms with E-state index in [1.807, 2.05) is 24.3 Å². The molecule has 8 heteroatoms. The molecule has 0 aliphatic carbocycles. The number of rotatable bonds is 5. The Balaban J connectivity index is 1.44. The van der Waals surface area contributed by atoms with Gasteiger partial charge < -0.3 is 20.1 Å². The highest BCUT2D eigenvalue weighted by atomic mass is 35.5. The van der Waals surface area contributed by atoms with Crippen molar-refractivity contribution in [1.82, 2.24) is 9.97 Å². The van der Waals surface area contributed by atoms with Gasteiger partial charge in [-0.05, 0) is 35.9 Å². The fourth-order valence-electron chi connectivity index (χ4n) is 2.54. The second-order valence-corrected chi connectivity index (χ2v) is 6.49. The summed E-state index contributed by atoms with van der Waals surface area (Å²) < 4.78 is 10.7. The molecular formula is C18H14Cl2N4O2. The van der Waals surface area contributed by atoms with Crippen LogP contribution >= 0.6 is 23.2 Å². The second-order valence-electron chi connectivity index (χ2n) is 5.61. The van der Waals surface area contributed by atoms with Gasteiger partial charge in [-0.2, -0.15) is 0 Å². The van der Waals surface area contributed by atoms with Crippen LogP contribution in [0.3, 0.4) is 0 Å². The molecule has 0 fully saturated rings. The summed E-state index contributed by atoms with van der Waals surface area (Å²) in [5.41, 5.74) is 1.81. The first kappa shape index (κ1) is 16.8. The zero-order chi connectivity index (χ0) is 17.9. The Morgan fingerprint density at radius 3 is 2.50 bits per heavy atom. The molecule has 0 unspecified atom stereocenters. The standard InChI is InChI=1S/C18H14Cl2N4O2/c19-12-4-13(20)6-14(5-12)24-18-7-17(22-9-23-18)21-8-11-1-2-15-16(3-11)26-10-25-15/h1-7,9H,8,10H2,(H2,21,22,23,24). The number of nitrogens with one attached hydrogen (secondary N) is 2. The zero-order valence-corrected chi connectivity index (χ0v) is 15.0. The highest BCUT2D eigenvalue weighted by Gasteiger charge is 2.13. The molecule has 0 bridgehead atoms. The fourth-order valence-corrected chi connectivity index (χ4v) is 3.07. The van der Waals surface area contributed by atoms with Crippen LogP contribution in [0, 0.1) is 0 Å². The second kappa shape index (κ2) is 7.27. The number of anilines is 3. The first-order chi connectivity index (χ1) is 12.7. The lowest BCUT2D eigenvalue weighted by Gasteiger charge is -2.10. The minimum absolute atomic E-state index is 0.265. The van der Waals surface area contributed by atoms with Gasteiger partial charge in [-0.1, -0.05) is 29.3 Å². The lowest BCUT2D eigenvalue weighted by Crippen LogP contribution is -2.03. The van der Waals surface area contributed by atoms with Gasteiger partial charge in [-0.3, -0.25) is 0 Å². The van der Waals surface area contributed by atoms with Crippen LogP contribution in [-0.2, 0) is 6.54 Å². The van der Waals surface area contributed by atoms with Crippen molar-refractivity contribution in [3.05, 3.63) is 64.4 Å². The third kappa shape index (κ3) is 3.92. The third-order valence-corrected chi connectivity index (χ3v) is 4.15. The van der Waals surface area contributed by atoms with Crippen molar-refractivity contribution < 1.29 is 9.47 Å².